The van der Waals surface area contributed by atoms with Crippen LogP contribution in [-0.4, -0.2) is 23.4 Å². The van der Waals surface area contributed by atoms with Gasteiger partial charge >= 0.3 is 0 Å². The Hall–Kier alpha value is -1.81. The first-order valence-electron chi connectivity index (χ1n) is 7.53. The Morgan fingerprint density at radius 1 is 0.952 bits per heavy atom. The molecule has 2 N–H and O–H groups in total. The highest BCUT2D eigenvalue weighted by molar-refractivity contribution is 6.17. The first-order valence-corrected chi connectivity index (χ1v) is 7.53. The maximum Gasteiger partial charge on any atom is 0.175 e. The van der Waals surface area contributed by atoms with Crippen LogP contribution in [0.4, 0.5) is 0 Å². The molecule has 0 bridgehead atoms. The van der Waals surface area contributed by atoms with Crippen molar-refractivity contribution in [1.82, 2.24) is 0 Å². The van der Waals surface area contributed by atoms with Gasteiger partial charge in [-0.05, 0) is 12.8 Å². The van der Waals surface area contributed by atoms with Gasteiger partial charge in [0.1, 0.15) is 11.7 Å². The number of hydrogen-bond donors (Lipinski definition) is 1. The number of fused-ring (bicyclic) bond motifs is 1. The Kier molecular flexibility index (Phi) is 3.72. The zero-order valence-electron chi connectivity index (χ0n) is 11.8. The number of ketones is 3. The van der Waals surface area contributed by atoms with Gasteiger partial charge < -0.3 is 5.73 Å². The van der Waals surface area contributed by atoms with Gasteiger partial charge in [0.15, 0.2) is 11.6 Å². The summed E-state index contributed by atoms with van der Waals surface area (Å²) in [5.74, 6) is -2.11. The third-order valence-electron chi connectivity index (χ3n) is 4.83. The van der Waals surface area contributed by atoms with E-state index in [1.807, 2.05) is 6.07 Å². The summed E-state index contributed by atoms with van der Waals surface area (Å²) in [6, 6.07) is 7.65. The van der Waals surface area contributed by atoms with Gasteiger partial charge in [0, 0.05) is 17.4 Å². The monoisotopic (exact) mass is 285 g/mol. The minimum atomic E-state index is -1.00. The van der Waals surface area contributed by atoms with Gasteiger partial charge in [-0.1, -0.05) is 43.2 Å². The molecule has 0 aliphatic heterocycles. The van der Waals surface area contributed by atoms with Crippen LogP contribution in [0, 0.1) is 17.8 Å². The van der Waals surface area contributed by atoms with Crippen molar-refractivity contribution in [3.8, 4) is 0 Å². The number of benzene rings is 1. The second kappa shape index (κ2) is 5.53. The third-order valence-corrected chi connectivity index (χ3v) is 4.83. The molecule has 0 radical (unpaired) electrons. The van der Waals surface area contributed by atoms with Crippen LogP contribution in [0.2, 0.25) is 0 Å². The zero-order chi connectivity index (χ0) is 15.0. The minimum absolute atomic E-state index is 0.103. The summed E-state index contributed by atoms with van der Waals surface area (Å²) in [6.45, 7) is 0. The molecule has 2 aliphatic carbocycles. The average molecular weight is 285 g/mol. The lowest BCUT2D eigenvalue weighted by Gasteiger charge is -2.39. The summed E-state index contributed by atoms with van der Waals surface area (Å²) in [5, 5.41) is 0. The van der Waals surface area contributed by atoms with Crippen molar-refractivity contribution in [3.05, 3.63) is 35.9 Å². The molecule has 0 aromatic heterocycles. The second-order valence-electron chi connectivity index (χ2n) is 6.04. The van der Waals surface area contributed by atoms with E-state index in [-0.39, 0.29) is 29.2 Å². The largest absolute Gasteiger partial charge is 0.321 e. The topological polar surface area (TPSA) is 77.2 Å². The molecule has 2 aliphatic rings. The highest BCUT2D eigenvalue weighted by atomic mass is 16.2. The average Bonchev–Trinajstić information content (AvgIpc) is 2.53. The fourth-order valence-corrected chi connectivity index (χ4v) is 3.71. The van der Waals surface area contributed by atoms with Gasteiger partial charge in [-0.15, -0.1) is 0 Å². The van der Waals surface area contributed by atoms with E-state index < -0.39 is 12.0 Å². The molecule has 0 spiro atoms. The summed E-state index contributed by atoms with van der Waals surface area (Å²) >= 11 is 0. The van der Waals surface area contributed by atoms with E-state index in [0.29, 0.717) is 12.0 Å². The number of hydrogen-bond acceptors (Lipinski definition) is 4. The molecule has 1 aromatic rings. The number of rotatable bonds is 2. The van der Waals surface area contributed by atoms with Crippen LogP contribution in [0.5, 0.6) is 0 Å². The Morgan fingerprint density at radius 2 is 1.52 bits per heavy atom. The number of carbonyl (C=O) groups is 3. The van der Waals surface area contributed by atoms with Crippen LogP contribution in [0.15, 0.2) is 30.3 Å². The van der Waals surface area contributed by atoms with Gasteiger partial charge in [0.05, 0.1) is 6.04 Å². The van der Waals surface area contributed by atoms with Crippen LogP contribution >= 0.6 is 0 Å². The summed E-state index contributed by atoms with van der Waals surface area (Å²) in [5.41, 5.74) is 6.42. The molecule has 0 heterocycles. The Bertz CT molecular complexity index is 581. The molecule has 110 valence electrons. The minimum Gasteiger partial charge on any atom is -0.321 e. The predicted molar refractivity (Wildman–Crippen MR) is 77.7 cm³/mol. The molecule has 4 atom stereocenters. The van der Waals surface area contributed by atoms with Gasteiger partial charge in [-0.3, -0.25) is 14.4 Å². The van der Waals surface area contributed by atoms with E-state index in [2.05, 4.69) is 0 Å². The van der Waals surface area contributed by atoms with E-state index in [1.165, 1.54) is 0 Å². The van der Waals surface area contributed by atoms with Crippen LogP contribution in [-0.2, 0) is 9.59 Å². The van der Waals surface area contributed by atoms with Gasteiger partial charge in [-0.2, -0.15) is 0 Å². The van der Waals surface area contributed by atoms with Gasteiger partial charge in [-0.25, -0.2) is 0 Å². The molecule has 1 aromatic carbocycles. The number of carbonyl (C=O) groups excluding carboxylic acids is 3. The summed E-state index contributed by atoms with van der Waals surface area (Å²) in [7, 11) is 0. The third kappa shape index (κ3) is 2.33. The smallest absolute Gasteiger partial charge is 0.175 e. The van der Waals surface area contributed by atoms with E-state index in [4.69, 9.17) is 5.73 Å². The first kappa shape index (κ1) is 14.1. The highest BCUT2D eigenvalue weighted by Crippen LogP contribution is 2.39. The van der Waals surface area contributed by atoms with E-state index in [9.17, 15) is 14.4 Å². The molecule has 2 saturated carbocycles. The molecule has 0 unspecified atom stereocenters. The lowest BCUT2D eigenvalue weighted by molar-refractivity contribution is -0.143. The number of Topliss-reactive ketones (excluding diaryl/α,β-unsaturated/α-hetero) is 3. The lowest BCUT2D eigenvalue weighted by Crippen LogP contribution is -2.57. The van der Waals surface area contributed by atoms with Gasteiger partial charge in [0.2, 0.25) is 0 Å². The van der Waals surface area contributed by atoms with Crippen molar-refractivity contribution in [2.75, 3.05) is 0 Å². The standard InChI is InChI=1S/C17H19NO3/c18-14-13(15(19)10-6-2-1-3-7-10)16(20)11-8-4-5-9-12(11)17(14)21/h1-3,6-7,11-14H,4-5,8-9,18H2/t11-,12+,13+,14+/m0/s1. The van der Waals surface area contributed by atoms with E-state index in [0.717, 1.165) is 19.3 Å². The highest BCUT2D eigenvalue weighted by Gasteiger charge is 2.51. The SMILES string of the molecule is N[C@H]1C(=O)[C@@H]2CCCC[C@@H]2C(=O)[C@H]1C(=O)c1ccccc1. The molecule has 2 fully saturated rings. The summed E-state index contributed by atoms with van der Waals surface area (Å²) < 4.78 is 0. The zero-order valence-corrected chi connectivity index (χ0v) is 11.8. The van der Waals surface area contributed by atoms with Crippen LogP contribution < -0.4 is 5.73 Å². The maximum absolute atomic E-state index is 12.7. The molecule has 0 amide bonds. The second-order valence-corrected chi connectivity index (χ2v) is 6.04. The molecular formula is C17H19NO3. The predicted octanol–water partition coefficient (Wildman–Crippen LogP) is 1.77. The van der Waals surface area contributed by atoms with Crippen LogP contribution in [0.25, 0.3) is 0 Å². The van der Waals surface area contributed by atoms with Crippen molar-refractivity contribution < 1.29 is 14.4 Å². The Labute approximate surface area is 123 Å². The van der Waals surface area contributed by atoms with Crippen molar-refractivity contribution in [2.45, 2.75) is 31.7 Å². The van der Waals surface area contributed by atoms with Gasteiger partial charge in [0.25, 0.3) is 0 Å². The summed E-state index contributed by atoms with van der Waals surface area (Å²) in [6.07, 6.45) is 3.35. The maximum atomic E-state index is 12.7. The van der Waals surface area contributed by atoms with Crippen molar-refractivity contribution in [2.24, 2.45) is 23.5 Å². The first-order chi connectivity index (χ1) is 10.1. The van der Waals surface area contributed by atoms with Crippen molar-refractivity contribution >= 4 is 17.3 Å². The fraction of sp³-hybridized carbons (Fsp3) is 0.471. The molecule has 4 heteroatoms. The Morgan fingerprint density at radius 3 is 2.14 bits per heavy atom. The van der Waals surface area contributed by atoms with Crippen molar-refractivity contribution in [1.29, 1.82) is 0 Å². The van der Waals surface area contributed by atoms with Crippen LogP contribution in [0.3, 0.4) is 0 Å². The molecule has 3 rings (SSSR count). The quantitative estimate of drug-likeness (QED) is 0.663. The van der Waals surface area contributed by atoms with E-state index >= 15 is 0 Å². The summed E-state index contributed by atoms with van der Waals surface area (Å²) in [4.78, 5) is 37.7. The normalized spacial score (nSPS) is 32.6. The van der Waals surface area contributed by atoms with E-state index in [1.54, 1.807) is 24.3 Å². The molecule has 21 heavy (non-hydrogen) atoms. The van der Waals surface area contributed by atoms with Crippen molar-refractivity contribution in [3.63, 3.8) is 0 Å². The molecule has 4 nitrogen and oxygen atoms in total. The molecular weight excluding hydrogens is 266 g/mol. The fourth-order valence-electron chi connectivity index (χ4n) is 3.71. The molecule has 0 saturated heterocycles. The van der Waals surface area contributed by atoms with Crippen LogP contribution in [0.1, 0.15) is 36.0 Å². The Balaban J connectivity index is 1.92. The lowest BCUT2D eigenvalue weighted by atomic mass is 9.63. The number of nitrogens with two attached hydrogens (primary N) is 1.